The van der Waals surface area contributed by atoms with Gasteiger partial charge in [0.2, 0.25) is 5.91 Å². The quantitative estimate of drug-likeness (QED) is 0.631. The molecule has 1 fully saturated rings. The normalized spacial score (nSPS) is 14.7. The molecule has 28 heavy (non-hydrogen) atoms. The maximum atomic E-state index is 12.9. The fourth-order valence-corrected chi connectivity index (χ4v) is 4.26. The van der Waals surface area contributed by atoms with Gasteiger partial charge < -0.3 is 14.2 Å². The van der Waals surface area contributed by atoms with Gasteiger partial charge >= 0.3 is 0 Å². The van der Waals surface area contributed by atoms with Crippen LogP contribution in [-0.2, 0) is 11.2 Å². The third kappa shape index (κ3) is 3.49. The second kappa shape index (κ2) is 7.51. The maximum absolute atomic E-state index is 12.9. The number of furan rings is 1. The lowest BCUT2D eigenvalue weighted by Crippen LogP contribution is -2.49. The van der Waals surface area contributed by atoms with E-state index >= 15 is 0 Å². The summed E-state index contributed by atoms with van der Waals surface area (Å²) in [5, 5.41) is 1.83. The van der Waals surface area contributed by atoms with E-state index in [0.717, 1.165) is 59.0 Å². The zero-order chi connectivity index (χ0) is 19.8. The number of hydrogen-bond donors (Lipinski definition) is 0. The second-order valence-electron chi connectivity index (χ2n) is 7.62. The van der Waals surface area contributed by atoms with E-state index in [0.29, 0.717) is 6.42 Å². The number of nitrogens with zero attached hydrogens (tertiary/aromatic N) is 2. The van der Waals surface area contributed by atoms with Gasteiger partial charge in [-0.1, -0.05) is 23.7 Å². The topological polar surface area (TPSA) is 36.7 Å². The van der Waals surface area contributed by atoms with Crippen molar-refractivity contribution in [2.45, 2.75) is 27.2 Å². The predicted octanol–water partition coefficient (Wildman–Crippen LogP) is 4.90. The summed E-state index contributed by atoms with van der Waals surface area (Å²) in [6, 6.07) is 10.1. The van der Waals surface area contributed by atoms with Crippen LogP contribution in [0.4, 0.5) is 5.69 Å². The van der Waals surface area contributed by atoms with Crippen LogP contribution in [0.5, 0.6) is 0 Å². The van der Waals surface area contributed by atoms with E-state index in [-0.39, 0.29) is 5.91 Å². The van der Waals surface area contributed by atoms with Crippen molar-refractivity contribution in [3.63, 3.8) is 0 Å². The molecule has 5 heteroatoms. The molecule has 1 amide bonds. The number of anilines is 1. The fraction of sp³-hybridized carbons (Fsp3) is 0.348. The molecule has 0 atom stereocenters. The summed E-state index contributed by atoms with van der Waals surface area (Å²) in [6.07, 6.45) is 2.14. The van der Waals surface area contributed by atoms with Crippen LogP contribution in [-0.4, -0.2) is 37.0 Å². The van der Waals surface area contributed by atoms with Crippen LogP contribution in [0.25, 0.3) is 11.0 Å². The molecule has 0 spiro atoms. The fourth-order valence-electron chi connectivity index (χ4n) is 4.08. The summed E-state index contributed by atoms with van der Waals surface area (Å²) in [5.74, 6) is 0.158. The Hall–Kier alpha value is -2.46. The monoisotopic (exact) mass is 396 g/mol. The summed E-state index contributed by atoms with van der Waals surface area (Å²) in [7, 11) is 0. The number of benzene rings is 2. The van der Waals surface area contributed by atoms with Crippen molar-refractivity contribution in [3.8, 4) is 0 Å². The molecule has 1 aliphatic heterocycles. The van der Waals surface area contributed by atoms with Gasteiger partial charge in [-0.2, -0.15) is 0 Å². The SMILES string of the molecule is Cc1cc(C)c2c(CC(=O)N3CCN(c4cccc(Cl)c4)CC3)coc2c1C. The number of halogens is 1. The number of amides is 1. The van der Waals surface area contributed by atoms with Crippen molar-refractivity contribution < 1.29 is 9.21 Å². The van der Waals surface area contributed by atoms with E-state index in [1.54, 1.807) is 6.26 Å². The summed E-state index contributed by atoms with van der Waals surface area (Å²) in [4.78, 5) is 17.1. The van der Waals surface area contributed by atoms with Gasteiger partial charge in [-0.15, -0.1) is 0 Å². The van der Waals surface area contributed by atoms with Crippen LogP contribution < -0.4 is 4.90 Å². The summed E-state index contributed by atoms with van der Waals surface area (Å²) in [6.45, 7) is 9.32. The first kappa shape index (κ1) is 18.9. The van der Waals surface area contributed by atoms with Crippen LogP contribution >= 0.6 is 11.6 Å². The molecule has 1 aliphatic rings. The van der Waals surface area contributed by atoms with E-state index in [4.69, 9.17) is 16.0 Å². The Labute approximate surface area is 170 Å². The van der Waals surface area contributed by atoms with E-state index in [2.05, 4.69) is 37.8 Å². The molecule has 1 saturated heterocycles. The zero-order valence-corrected chi connectivity index (χ0v) is 17.3. The minimum absolute atomic E-state index is 0.158. The lowest BCUT2D eigenvalue weighted by molar-refractivity contribution is -0.130. The van der Waals surface area contributed by atoms with Crippen LogP contribution in [0.2, 0.25) is 5.02 Å². The molecule has 2 aromatic carbocycles. The van der Waals surface area contributed by atoms with E-state index in [9.17, 15) is 4.79 Å². The molecule has 2 heterocycles. The number of piperazine rings is 1. The van der Waals surface area contributed by atoms with E-state index in [1.807, 2.05) is 23.1 Å². The molecule has 0 bridgehead atoms. The smallest absolute Gasteiger partial charge is 0.227 e. The third-order valence-electron chi connectivity index (χ3n) is 5.77. The number of fused-ring (bicyclic) bond motifs is 1. The molecule has 0 radical (unpaired) electrons. The highest BCUT2D eigenvalue weighted by atomic mass is 35.5. The Morgan fingerprint density at radius 3 is 2.54 bits per heavy atom. The van der Waals surface area contributed by atoms with Crippen molar-refractivity contribution in [1.29, 1.82) is 0 Å². The van der Waals surface area contributed by atoms with Crippen LogP contribution in [0, 0.1) is 20.8 Å². The van der Waals surface area contributed by atoms with E-state index < -0.39 is 0 Å². The van der Waals surface area contributed by atoms with Gasteiger partial charge in [0.05, 0.1) is 12.7 Å². The van der Waals surface area contributed by atoms with Crippen molar-refractivity contribution >= 4 is 34.2 Å². The molecule has 3 aromatic rings. The molecule has 146 valence electrons. The van der Waals surface area contributed by atoms with Crippen molar-refractivity contribution in [2.75, 3.05) is 31.1 Å². The van der Waals surface area contributed by atoms with Crippen LogP contribution in [0.15, 0.2) is 41.0 Å². The van der Waals surface area contributed by atoms with E-state index in [1.165, 1.54) is 11.1 Å². The number of hydrogen-bond acceptors (Lipinski definition) is 3. The van der Waals surface area contributed by atoms with Gasteiger partial charge in [-0.25, -0.2) is 0 Å². The molecule has 0 unspecified atom stereocenters. The zero-order valence-electron chi connectivity index (χ0n) is 16.6. The summed E-state index contributed by atoms with van der Waals surface area (Å²) >= 11 is 6.10. The highest BCUT2D eigenvalue weighted by Gasteiger charge is 2.23. The average molecular weight is 397 g/mol. The number of rotatable bonds is 3. The Bertz CT molecular complexity index is 1030. The predicted molar refractivity (Wildman–Crippen MR) is 114 cm³/mol. The average Bonchev–Trinajstić information content (AvgIpc) is 3.10. The minimum atomic E-state index is 0.158. The number of aryl methyl sites for hydroxylation is 3. The molecule has 0 saturated carbocycles. The van der Waals surface area contributed by atoms with Crippen molar-refractivity contribution in [3.05, 3.63) is 63.9 Å². The Morgan fingerprint density at radius 2 is 1.82 bits per heavy atom. The van der Waals surface area contributed by atoms with Gasteiger partial charge in [0.1, 0.15) is 5.58 Å². The summed E-state index contributed by atoms with van der Waals surface area (Å²) in [5.41, 5.74) is 6.54. The highest BCUT2D eigenvalue weighted by Crippen LogP contribution is 2.30. The molecular formula is C23H25ClN2O2. The lowest BCUT2D eigenvalue weighted by atomic mass is 9.98. The molecule has 0 N–H and O–H groups in total. The van der Waals surface area contributed by atoms with Crippen LogP contribution in [0.1, 0.15) is 22.3 Å². The Morgan fingerprint density at radius 1 is 1.07 bits per heavy atom. The molecule has 0 aliphatic carbocycles. The van der Waals surface area contributed by atoms with Gasteiger partial charge in [0.15, 0.2) is 0 Å². The maximum Gasteiger partial charge on any atom is 0.227 e. The lowest BCUT2D eigenvalue weighted by Gasteiger charge is -2.36. The first-order chi connectivity index (χ1) is 13.4. The molecular weight excluding hydrogens is 372 g/mol. The molecule has 4 nitrogen and oxygen atoms in total. The third-order valence-corrected chi connectivity index (χ3v) is 6.01. The number of carbonyl (C=O) groups excluding carboxylic acids is 1. The second-order valence-corrected chi connectivity index (χ2v) is 8.06. The van der Waals surface area contributed by atoms with Gasteiger partial charge in [-0.3, -0.25) is 4.79 Å². The van der Waals surface area contributed by atoms with Crippen molar-refractivity contribution in [1.82, 2.24) is 4.90 Å². The Balaban J connectivity index is 1.46. The summed E-state index contributed by atoms with van der Waals surface area (Å²) < 4.78 is 5.82. The Kier molecular flexibility index (Phi) is 5.07. The van der Waals surface area contributed by atoms with Crippen LogP contribution in [0.3, 0.4) is 0 Å². The number of carbonyl (C=O) groups is 1. The first-order valence-corrected chi connectivity index (χ1v) is 10.1. The molecule has 1 aromatic heterocycles. The standard InChI is InChI=1S/C23H25ClN2O2/c1-15-11-16(2)22-18(14-28-23(22)17(15)3)12-21(27)26-9-7-25(8-10-26)20-6-4-5-19(24)13-20/h4-6,11,13-14H,7-10,12H2,1-3H3. The van der Waals surface area contributed by atoms with Crippen molar-refractivity contribution in [2.24, 2.45) is 0 Å². The highest BCUT2D eigenvalue weighted by molar-refractivity contribution is 6.30. The van der Waals surface area contributed by atoms with Gasteiger partial charge in [-0.05, 0) is 55.7 Å². The molecule has 4 rings (SSSR count). The first-order valence-electron chi connectivity index (χ1n) is 9.69. The largest absolute Gasteiger partial charge is 0.464 e. The minimum Gasteiger partial charge on any atom is -0.464 e. The van der Waals surface area contributed by atoms with Gasteiger partial charge in [0, 0.05) is 47.8 Å². The van der Waals surface area contributed by atoms with Gasteiger partial charge in [0.25, 0.3) is 0 Å².